The van der Waals surface area contributed by atoms with Crippen LogP contribution in [-0.4, -0.2) is 9.97 Å². The third-order valence-corrected chi connectivity index (χ3v) is 3.74. The molecule has 0 spiro atoms. The predicted octanol–water partition coefficient (Wildman–Crippen LogP) is 3.19. The number of halogens is 2. The number of benzene rings is 1. The van der Waals surface area contributed by atoms with Crippen molar-refractivity contribution in [2.45, 2.75) is 6.92 Å². The van der Waals surface area contributed by atoms with Gasteiger partial charge in [-0.2, -0.15) is 0 Å². The molecule has 2 rings (SSSR count). The summed E-state index contributed by atoms with van der Waals surface area (Å²) in [7, 11) is 0. The second-order valence-electron chi connectivity index (χ2n) is 3.48. The summed E-state index contributed by atoms with van der Waals surface area (Å²) in [6.07, 6.45) is 1.39. The van der Waals surface area contributed by atoms with Gasteiger partial charge in [-0.1, -0.05) is 22.0 Å². The number of nitrogens with one attached hydrogen (secondary N) is 2. The fraction of sp³-hybridized carbons (Fsp3) is 0.0909. The van der Waals surface area contributed by atoms with Crippen molar-refractivity contribution >= 4 is 50.0 Å². The van der Waals surface area contributed by atoms with E-state index in [1.165, 1.54) is 6.33 Å². The molecule has 0 aliphatic carbocycles. The lowest BCUT2D eigenvalue weighted by Gasteiger charge is -2.09. The summed E-state index contributed by atoms with van der Waals surface area (Å²) in [6, 6.07) is 5.91. The highest BCUT2D eigenvalue weighted by atomic mass is 127. The maximum absolute atomic E-state index is 11.4. The fourth-order valence-corrected chi connectivity index (χ4v) is 2.12. The minimum atomic E-state index is -0.143. The Morgan fingerprint density at radius 3 is 3.00 bits per heavy atom. The Bertz CT molecular complexity index is 612. The van der Waals surface area contributed by atoms with Gasteiger partial charge in [-0.05, 0) is 47.2 Å². The number of H-pyrrole nitrogens is 1. The van der Waals surface area contributed by atoms with Crippen LogP contribution in [0.4, 0.5) is 11.5 Å². The quantitative estimate of drug-likeness (QED) is 0.754. The zero-order valence-electron chi connectivity index (χ0n) is 8.92. The predicted molar refractivity (Wildman–Crippen MR) is 79.7 cm³/mol. The third-order valence-electron chi connectivity index (χ3n) is 2.25. The van der Waals surface area contributed by atoms with Crippen LogP contribution in [0.5, 0.6) is 0 Å². The lowest BCUT2D eigenvalue weighted by molar-refractivity contribution is 1.10. The van der Waals surface area contributed by atoms with Gasteiger partial charge in [0.1, 0.15) is 3.57 Å². The molecule has 2 aromatic rings. The molecule has 0 aliphatic heterocycles. The van der Waals surface area contributed by atoms with E-state index in [0.29, 0.717) is 9.39 Å². The van der Waals surface area contributed by atoms with E-state index in [1.807, 2.05) is 47.7 Å². The molecule has 88 valence electrons. The molecular formula is C11H9BrIN3O. The third kappa shape index (κ3) is 2.86. The first-order valence-corrected chi connectivity index (χ1v) is 6.71. The van der Waals surface area contributed by atoms with Crippen molar-refractivity contribution in [1.82, 2.24) is 9.97 Å². The van der Waals surface area contributed by atoms with Gasteiger partial charge in [0.15, 0.2) is 5.82 Å². The summed E-state index contributed by atoms with van der Waals surface area (Å²) >= 11 is 5.38. The maximum Gasteiger partial charge on any atom is 0.266 e. The SMILES string of the molecule is Cc1ccc(Br)cc1Nc1nc[nH]c(=O)c1I. The second kappa shape index (κ2) is 5.18. The maximum atomic E-state index is 11.4. The molecule has 4 nitrogen and oxygen atoms in total. The van der Waals surface area contributed by atoms with Crippen molar-refractivity contribution in [2.24, 2.45) is 0 Å². The molecule has 2 N–H and O–H groups in total. The van der Waals surface area contributed by atoms with E-state index in [9.17, 15) is 4.79 Å². The minimum Gasteiger partial charge on any atom is -0.339 e. The number of aromatic amines is 1. The second-order valence-corrected chi connectivity index (χ2v) is 5.47. The Kier molecular flexibility index (Phi) is 3.82. The standard InChI is InChI=1S/C11H9BrIN3O/c1-6-2-3-7(12)4-8(6)16-10-9(13)11(17)15-5-14-10/h2-5H,1H3,(H2,14,15,16,17). The topological polar surface area (TPSA) is 57.8 Å². The molecule has 0 bridgehead atoms. The first kappa shape index (κ1) is 12.6. The first-order valence-electron chi connectivity index (χ1n) is 4.84. The molecule has 1 aromatic carbocycles. The highest BCUT2D eigenvalue weighted by Crippen LogP contribution is 2.24. The number of aromatic nitrogens is 2. The number of hydrogen-bond acceptors (Lipinski definition) is 3. The Labute approximate surface area is 120 Å². The number of rotatable bonds is 2. The molecular weight excluding hydrogens is 397 g/mol. The molecule has 0 amide bonds. The average molecular weight is 406 g/mol. The van der Waals surface area contributed by atoms with Crippen molar-refractivity contribution in [2.75, 3.05) is 5.32 Å². The summed E-state index contributed by atoms with van der Waals surface area (Å²) in [5, 5.41) is 3.15. The van der Waals surface area contributed by atoms with Crippen LogP contribution in [-0.2, 0) is 0 Å². The normalized spacial score (nSPS) is 10.3. The molecule has 0 atom stereocenters. The molecule has 0 aliphatic rings. The van der Waals surface area contributed by atoms with Gasteiger partial charge in [-0.3, -0.25) is 4.79 Å². The van der Waals surface area contributed by atoms with E-state index in [4.69, 9.17) is 0 Å². The van der Waals surface area contributed by atoms with E-state index < -0.39 is 0 Å². The van der Waals surface area contributed by atoms with Crippen LogP contribution in [0.3, 0.4) is 0 Å². The monoisotopic (exact) mass is 405 g/mol. The molecule has 0 saturated carbocycles. The Balaban J connectivity index is 2.41. The van der Waals surface area contributed by atoms with Gasteiger partial charge in [0, 0.05) is 10.2 Å². The summed E-state index contributed by atoms with van der Waals surface area (Å²) in [6.45, 7) is 1.99. The van der Waals surface area contributed by atoms with Crippen LogP contribution >= 0.6 is 38.5 Å². The molecule has 0 radical (unpaired) electrons. The summed E-state index contributed by atoms with van der Waals surface area (Å²) < 4.78 is 1.52. The van der Waals surface area contributed by atoms with Gasteiger partial charge < -0.3 is 10.3 Å². The lowest BCUT2D eigenvalue weighted by Crippen LogP contribution is -2.13. The average Bonchev–Trinajstić information content (AvgIpc) is 2.30. The summed E-state index contributed by atoms with van der Waals surface area (Å²) in [4.78, 5) is 18.1. The Morgan fingerprint density at radius 1 is 1.47 bits per heavy atom. The summed E-state index contributed by atoms with van der Waals surface area (Å²) in [5.74, 6) is 0.565. The molecule has 6 heteroatoms. The van der Waals surface area contributed by atoms with Crippen molar-refractivity contribution in [3.63, 3.8) is 0 Å². The van der Waals surface area contributed by atoms with Crippen LogP contribution in [0.15, 0.2) is 33.8 Å². The van der Waals surface area contributed by atoms with E-state index in [-0.39, 0.29) is 5.56 Å². The highest BCUT2D eigenvalue weighted by molar-refractivity contribution is 14.1. The van der Waals surface area contributed by atoms with Crippen LogP contribution in [0.1, 0.15) is 5.56 Å². The number of aryl methyl sites for hydroxylation is 1. The van der Waals surface area contributed by atoms with Gasteiger partial charge in [-0.25, -0.2) is 4.98 Å². The number of anilines is 2. The number of nitrogens with zero attached hydrogens (tertiary/aromatic N) is 1. The van der Waals surface area contributed by atoms with Gasteiger partial charge >= 0.3 is 0 Å². The van der Waals surface area contributed by atoms with Crippen molar-refractivity contribution in [3.05, 3.63) is 48.5 Å². The largest absolute Gasteiger partial charge is 0.339 e. The van der Waals surface area contributed by atoms with Gasteiger partial charge in [0.05, 0.1) is 6.33 Å². The fourth-order valence-electron chi connectivity index (χ4n) is 1.33. The van der Waals surface area contributed by atoms with Crippen molar-refractivity contribution < 1.29 is 0 Å². The van der Waals surface area contributed by atoms with Gasteiger partial charge in [-0.15, -0.1) is 0 Å². The molecule has 0 saturated heterocycles. The van der Waals surface area contributed by atoms with E-state index in [1.54, 1.807) is 0 Å². The van der Waals surface area contributed by atoms with Crippen LogP contribution in [0.25, 0.3) is 0 Å². The lowest BCUT2D eigenvalue weighted by atomic mass is 10.2. The van der Waals surface area contributed by atoms with E-state index >= 15 is 0 Å². The number of hydrogen-bond donors (Lipinski definition) is 2. The molecule has 1 aromatic heterocycles. The van der Waals surface area contributed by atoms with Crippen LogP contribution in [0, 0.1) is 10.5 Å². The van der Waals surface area contributed by atoms with E-state index in [0.717, 1.165) is 15.7 Å². The highest BCUT2D eigenvalue weighted by Gasteiger charge is 2.07. The minimum absolute atomic E-state index is 0.143. The van der Waals surface area contributed by atoms with Crippen LogP contribution < -0.4 is 10.9 Å². The van der Waals surface area contributed by atoms with Crippen LogP contribution in [0.2, 0.25) is 0 Å². The Hall–Kier alpha value is -0.890. The molecule has 17 heavy (non-hydrogen) atoms. The summed E-state index contributed by atoms with van der Waals surface area (Å²) in [5.41, 5.74) is 1.87. The molecule has 1 heterocycles. The molecule has 0 fully saturated rings. The van der Waals surface area contributed by atoms with Crippen molar-refractivity contribution in [3.8, 4) is 0 Å². The Morgan fingerprint density at radius 2 is 2.24 bits per heavy atom. The van der Waals surface area contributed by atoms with Gasteiger partial charge in [0.25, 0.3) is 5.56 Å². The first-order chi connectivity index (χ1) is 8.08. The molecule has 0 unspecified atom stereocenters. The zero-order valence-corrected chi connectivity index (χ0v) is 12.7. The zero-order chi connectivity index (χ0) is 12.4. The van der Waals surface area contributed by atoms with Gasteiger partial charge in [0.2, 0.25) is 0 Å². The van der Waals surface area contributed by atoms with E-state index in [2.05, 4.69) is 31.2 Å². The smallest absolute Gasteiger partial charge is 0.266 e. The van der Waals surface area contributed by atoms with Crippen molar-refractivity contribution in [1.29, 1.82) is 0 Å².